The fourth-order valence-corrected chi connectivity index (χ4v) is 3.92. The molecule has 1 atom stereocenters. The van der Waals surface area contributed by atoms with Crippen molar-refractivity contribution >= 4 is 23.4 Å². The highest BCUT2D eigenvalue weighted by Gasteiger charge is 2.43. The number of halogens is 1. The Bertz CT molecular complexity index is 651. The second kappa shape index (κ2) is 6.87. The molecular weight excluding hydrogens is 340 g/mol. The summed E-state index contributed by atoms with van der Waals surface area (Å²) in [7, 11) is 0. The Hall–Kier alpha value is -1.75. The molecule has 1 aromatic carbocycles. The van der Waals surface area contributed by atoms with Gasteiger partial charge in [-0.1, -0.05) is 11.6 Å². The van der Waals surface area contributed by atoms with Gasteiger partial charge in [-0.15, -0.1) is 0 Å². The van der Waals surface area contributed by atoms with Crippen molar-refractivity contribution < 1.29 is 14.3 Å². The number of ether oxygens (including phenoxy) is 1. The first-order chi connectivity index (χ1) is 12.1. The standard InChI is InChI=1S/C19H23ClN2O3/c20-14-1-5-16(6-2-14)25-17-7-9-21(10-8-17)19(24)13-11-18(23)22(12-13)15-3-4-15/h1-2,5-6,13,15,17H,3-4,7-12H2/t13-/m1/s1. The monoisotopic (exact) mass is 362 g/mol. The van der Waals surface area contributed by atoms with Crippen molar-refractivity contribution in [2.45, 2.75) is 44.2 Å². The molecular formula is C19H23ClN2O3. The fraction of sp³-hybridized carbons (Fsp3) is 0.579. The van der Waals surface area contributed by atoms with Gasteiger partial charge in [-0.05, 0) is 37.1 Å². The van der Waals surface area contributed by atoms with Crippen molar-refractivity contribution in [1.82, 2.24) is 9.80 Å². The third-order valence-corrected chi connectivity index (χ3v) is 5.62. The highest BCUT2D eigenvalue weighted by Crippen LogP contribution is 2.33. The molecule has 0 aromatic heterocycles. The van der Waals surface area contributed by atoms with E-state index in [0.29, 0.717) is 37.1 Å². The summed E-state index contributed by atoms with van der Waals surface area (Å²) >= 11 is 5.89. The van der Waals surface area contributed by atoms with Crippen LogP contribution in [0, 0.1) is 5.92 Å². The third-order valence-electron chi connectivity index (χ3n) is 5.37. The Morgan fingerprint density at radius 1 is 1.08 bits per heavy atom. The second-order valence-electron chi connectivity index (χ2n) is 7.27. The van der Waals surface area contributed by atoms with Crippen LogP contribution in [0.5, 0.6) is 5.75 Å². The molecule has 2 saturated heterocycles. The molecule has 3 fully saturated rings. The summed E-state index contributed by atoms with van der Waals surface area (Å²) in [6.45, 7) is 2.01. The Labute approximate surface area is 152 Å². The van der Waals surface area contributed by atoms with Crippen molar-refractivity contribution in [2.75, 3.05) is 19.6 Å². The van der Waals surface area contributed by atoms with Crippen molar-refractivity contribution in [1.29, 1.82) is 0 Å². The first kappa shape index (κ1) is 16.7. The lowest BCUT2D eigenvalue weighted by Gasteiger charge is -2.33. The summed E-state index contributed by atoms with van der Waals surface area (Å²) in [5.74, 6) is 0.959. The van der Waals surface area contributed by atoms with Gasteiger partial charge in [0.15, 0.2) is 0 Å². The summed E-state index contributed by atoms with van der Waals surface area (Å²) in [5, 5.41) is 0.694. The first-order valence-corrected chi connectivity index (χ1v) is 9.48. The topological polar surface area (TPSA) is 49.9 Å². The number of benzene rings is 1. The molecule has 3 aliphatic rings. The Kier molecular flexibility index (Phi) is 4.59. The van der Waals surface area contributed by atoms with E-state index < -0.39 is 0 Å². The van der Waals surface area contributed by atoms with Crippen LogP contribution in [0.4, 0.5) is 0 Å². The average molecular weight is 363 g/mol. The highest BCUT2D eigenvalue weighted by atomic mass is 35.5. The van der Waals surface area contributed by atoms with Crippen LogP contribution in [0.25, 0.3) is 0 Å². The molecule has 1 aliphatic carbocycles. The van der Waals surface area contributed by atoms with Gasteiger partial charge >= 0.3 is 0 Å². The van der Waals surface area contributed by atoms with E-state index >= 15 is 0 Å². The van der Waals surface area contributed by atoms with Crippen LogP contribution in [0.15, 0.2) is 24.3 Å². The van der Waals surface area contributed by atoms with Crippen LogP contribution in [-0.2, 0) is 9.59 Å². The predicted octanol–water partition coefficient (Wildman–Crippen LogP) is 2.72. The molecule has 2 amide bonds. The number of carbonyl (C=O) groups is 2. The van der Waals surface area contributed by atoms with Gasteiger partial charge in [-0.2, -0.15) is 0 Å². The first-order valence-electron chi connectivity index (χ1n) is 9.10. The van der Waals surface area contributed by atoms with E-state index in [0.717, 1.165) is 31.4 Å². The van der Waals surface area contributed by atoms with Crippen molar-refractivity contribution in [3.05, 3.63) is 29.3 Å². The lowest BCUT2D eigenvalue weighted by Crippen LogP contribution is -2.45. The van der Waals surface area contributed by atoms with E-state index in [9.17, 15) is 9.59 Å². The molecule has 0 unspecified atom stereocenters. The number of piperidine rings is 1. The van der Waals surface area contributed by atoms with Crippen LogP contribution >= 0.6 is 11.6 Å². The molecule has 1 saturated carbocycles. The van der Waals surface area contributed by atoms with Crippen molar-refractivity contribution in [3.63, 3.8) is 0 Å². The van der Waals surface area contributed by atoms with Crippen LogP contribution < -0.4 is 4.74 Å². The summed E-state index contributed by atoms with van der Waals surface area (Å²) < 4.78 is 5.98. The van der Waals surface area contributed by atoms with Crippen LogP contribution in [0.2, 0.25) is 5.02 Å². The molecule has 2 heterocycles. The molecule has 4 rings (SSSR count). The van der Waals surface area contributed by atoms with Gasteiger partial charge in [0.1, 0.15) is 11.9 Å². The van der Waals surface area contributed by atoms with Gasteiger partial charge in [0, 0.05) is 50.0 Å². The largest absolute Gasteiger partial charge is 0.490 e. The number of hydrogen-bond donors (Lipinski definition) is 0. The summed E-state index contributed by atoms with van der Waals surface area (Å²) in [5.41, 5.74) is 0. The molecule has 134 valence electrons. The second-order valence-corrected chi connectivity index (χ2v) is 7.71. The number of nitrogens with zero attached hydrogens (tertiary/aromatic N) is 2. The zero-order valence-corrected chi connectivity index (χ0v) is 15.0. The van der Waals surface area contributed by atoms with Gasteiger partial charge in [-0.3, -0.25) is 9.59 Å². The van der Waals surface area contributed by atoms with E-state index in [1.807, 2.05) is 34.1 Å². The molecule has 5 nitrogen and oxygen atoms in total. The van der Waals surface area contributed by atoms with Crippen LogP contribution in [0.3, 0.4) is 0 Å². The van der Waals surface area contributed by atoms with E-state index in [-0.39, 0.29) is 23.8 Å². The van der Waals surface area contributed by atoms with Gasteiger partial charge < -0.3 is 14.5 Å². The Balaban J connectivity index is 1.27. The highest BCUT2D eigenvalue weighted by molar-refractivity contribution is 6.30. The molecule has 6 heteroatoms. The zero-order valence-electron chi connectivity index (χ0n) is 14.2. The average Bonchev–Trinajstić information content (AvgIpc) is 3.39. The summed E-state index contributed by atoms with van der Waals surface area (Å²) in [6.07, 6.45) is 4.35. The summed E-state index contributed by atoms with van der Waals surface area (Å²) in [6, 6.07) is 7.78. The van der Waals surface area contributed by atoms with Gasteiger partial charge in [-0.25, -0.2) is 0 Å². The molecule has 0 bridgehead atoms. The van der Waals surface area contributed by atoms with Gasteiger partial charge in [0.2, 0.25) is 11.8 Å². The maximum atomic E-state index is 12.7. The van der Waals surface area contributed by atoms with Crippen LogP contribution in [0.1, 0.15) is 32.1 Å². The SMILES string of the molecule is O=C([C@@H]1CC(=O)N(C2CC2)C1)N1CCC(Oc2ccc(Cl)cc2)CC1. The number of hydrogen-bond acceptors (Lipinski definition) is 3. The number of likely N-dealkylation sites (tertiary alicyclic amines) is 2. The zero-order chi connectivity index (χ0) is 17.4. The maximum Gasteiger partial charge on any atom is 0.227 e. The van der Waals surface area contributed by atoms with E-state index in [1.165, 1.54) is 0 Å². The minimum atomic E-state index is -0.151. The minimum absolute atomic E-state index is 0.124. The number of rotatable bonds is 4. The molecule has 0 spiro atoms. The minimum Gasteiger partial charge on any atom is -0.490 e. The smallest absolute Gasteiger partial charge is 0.227 e. The van der Waals surface area contributed by atoms with Gasteiger partial charge in [0.05, 0.1) is 5.92 Å². The van der Waals surface area contributed by atoms with E-state index in [1.54, 1.807) is 0 Å². The van der Waals surface area contributed by atoms with Crippen molar-refractivity contribution in [2.24, 2.45) is 5.92 Å². The quantitative estimate of drug-likeness (QED) is 0.827. The van der Waals surface area contributed by atoms with E-state index in [4.69, 9.17) is 16.3 Å². The fourth-order valence-electron chi connectivity index (χ4n) is 3.79. The normalized spacial score (nSPS) is 24.7. The number of amides is 2. The predicted molar refractivity (Wildman–Crippen MR) is 94.5 cm³/mol. The van der Waals surface area contributed by atoms with E-state index in [2.05, 4.69) is 0 Å². The summed E-state index contributed by atoms with van der Waals surface area (Å²) in [4.78, 5) is 28.6. The number of carbonyl (C=O) groups excluding carboxylic acids is 2. The molecule has 2 aliphatic heterocycles. The van der Waals surface area contributed by atoms with Gasteiger partial charge in [0.25, 0.3) is 0 Å². The maximum absolute atomic E-state index is 12.7. The Morgan fingerprint density at radius 3 is 2.40 bits per heavy atom. The molecule has 25 heavy (non-hydrogen) atoms. The molecule has 0 N–H and O–H groups in total. The Morgan fingerprint density at radius 2 is 1.76 bits per heavy atom. The lowest BCUT2D eigenvalue weighted by atomic mass is 10.0. The molecule has 0 radical (unpaired) electrons. The molecule has 1 aromatic rings. The van der Waals surface area contributed by atoms with Crippen molar-refractivity contribution in [3.8, 4) is 5.75 Å². The third kappa shape index (κ3) is 3.76. The van der Waals surface area contributed by atoms with Crippen LogP contribution in [-0.4, -0.2) is 53.4 Å². The lowest BCUT2D eigenvalue weighted by molar-refractivity contribution is -0.137.